The Hall–Kier alpha value is -1.99. The van der Waals surface area contributed by atoms with E-state index in [9.17, 15) is 4.39 Å². The van der Waals surface area contributed by atoms with E-state index in [4.69, 9.17) is 4.74 Å². The van der Waals surface area contributed by atoms with E-state index in [1.165, 1.54) is 12.1 Å². The molecule has 0 saturated carbocycles. The maximum Gasteiger partial charge on any atom is 0.214 e. The summed E-state index contributed by atoms with van der Waals surface area (Å²) in [6.07, 6.45) is 3.23. The van der Waals surface area contributed by atoms with E-state index in [1.807, 2.05) is 6.20 Å². The molecule has 2 unspecified atom stereocenters. The third-order valence-electron chi connectivity index (χ3n) is 4.64. The standard InChI is InChI=1S/C17H19FN4OS/c1-11-7-8-21(10-15(11)23-2)17-20-22-9-14(19-16(22)24-17)12-3-5-13(18)6-4-12/h3-6,9,11,15H,7-8,10H2,1-2H3. The van der Waals surface area contributed by atoms with Crippen LogP contribution in [0.5, 0.6) is 0 Å². The van der Waals surface area contributed by atoms with Crippen LogP contribution in [-0.2, 0) is 4.74 Å². The first kappa shape index (κ1) is 15.5. The number of hydrogen-bond acceptors (Lipinski definition) is 5. The van der Waals surface area contributed by atoms with Crippen molar-refractivity contribution in [3.05, 3.63) is 36.3 Å². The molecule has 0 amide bonds. The van der Waals surface area contributed by atoms with Gasteiger partial charge in [-0.15, -0.1) is 5.10 Å². The molecule has 3 heterocycles. The van der Waals surface area contributed by atoms with Crippen LogP contribution in [0.25, 0.3) is 16.2 Å². The monoisotopic (exact) mass is 346 g/mol. The van der Waals surface area contributed by atoms with Gasteiger partial charge in [0, 0.05) is 25.8 Å². The molecule has 5 nitrogen and oxygen atoms in total. The van der Waals surface area contributed by atoms with Crippen molar-refractivity contribution < 1.29 is 9.13 Å². The third-order valence-corrected chi connectivity index (χ3v) is 5.62. The van der Waals surface area contributed by atoms with Crippen LogP contribution in [0.4, 0.5) is 9.52 Å². The number of hydrogen-bond donors (Lipinski definition) is 0. The summed E-state index contributed by atoms with van der Waals surface area (Å²) < 4.78 is 20.4. The molecule has 126 valence electrons. The Kier molecular flexibility index (Phi) is 3.97. The Bertz CT molecular complexity index is 813. The minimum atomic E-state index is -0.243. The number of fused-ring (bicyclic) bond motifs is 1. The molecule has 1 aromatic carbocycles. The van der Waals surface area contributed by atoms with E-state index in [-0.39, 0.29) is 11.9 Å². The lowest BCUT2D eigenvalue weighted by Crippen LogP contribution is -2.43. The van der Waals surface area contributed by atoms with Crippen molar-refractivity contribution in [3.8, 4) is 11.3 Å². The zero-order chi connectivity index (χ0) is 16.7. The van der Waals surface area contributed by atoms with E-state index in [0.717, 1.165) is 40.9 Å². The Morgan fingerprint density at radius 1 is 1.29 bits per heavy atom. The topological polar surface area (TPSA) is 42.7 Å². The second kappa shape index (κ2) is 6.14. The van der Waals surface area contributed by atoms with Crippen molar-refractivity contribution in [3.63, 3.8) is 0 Å². The highest BCUT2D eigenvalue weighted by atomic mass is 32.1. The largest absolute Gasteiger partial charge is 0.379 e. The second-order valence-electron chi connectivity index (χ2n) is 6.23. The van der Waals surface area contributed by atoms with Gasteiger partial charge in [0.1, 0.15) is 5.82 Å². The molecule has 4 rings (SSSR count). The highest BCUT2D eigenvalue weighted by Gasteiger charge is 2.28. The van der Waals surface area contributed by atoms with Gasteiger partial charge in [0.2, 0.25) is 10.1 Å². The smallest absolute Gasteiger partial charge is 0.214 e. The summed E-state index contributed by atoms with van der Waals surface area (Å²) in [4.78, 5) is 7.73. The molecule has 0 spiro atoms. The quantitative estimate of drug-likeness (QED) is 0.728. The van der Waals surface area contributed by atoms with E-state index in [2.05, 4.69) is 21.9 Å². The molecule has 0 N–H and O–H groups in total. The Labute approximate surface area is 143 Å². The summed E-state index contributed by atoms with van der Waals surface area (Å²) in [6, 6.07) is 6.36. The van der Waals surface area contributed by atoms with Gasteiger partial charge in [-0.1, -0.05) is 18.3 Å². The van der Waals surface area contributed by atoms with Crippen molar-refractivity contribution in [1.82, 2.24) is 14.6 Å². The molecule has 2 aromatic heterocycles. The number of piperidine rings is 1. The predicted octanol–water partition coefficient (Wildman–Crippen LogP) is 3.46. The van der Waals surface area contributed by atoms with Crippen molar-refractivity contribution in [2.24, 2.45) is 5.92 Å². The van der Waals surface area contributed by atoms with Gasteiger partial charge < -0.3 is 9.64 Å². The zero-order valence-corrected chi connectivity index (χ0v) is 14.5. The molecule has 0 aliphatic carbocycles. The number of methoxy groups -OCH3 is 1. The van der Waals surface area contributed by atoms with E-state index < -0.39 is 0 Å². The lowest BCUT2D eigenvalue weighted by molar-refractivity contribution is 0.0498. The maximum atomic E-state index is 13.0. The van der Waals surface area contributed by atoms with Gasteiger partial charge in [-0.2, -0.15) is 0 Å². The Morgan fingerprint density at radius 2 is 2.08 bits per heavy atom. The third kappa shape index (κ3) is 2.78. The molecule has 7 heteroatoms. The Morgan fingerprint density at radius 3 is 2.79 bits per heavy atom. The average molecular weight is 346 g/mol. The van der Waals surface area contributed by atoms with Crippen LogP contribution in [0.2, 0.25) is 0 Å². The maximum absolute atomic E-state index is 13.0. The fourth-order valence-corrected chi connectivity index (χ4v) is 4.01. The zero-order valence-electron chi connectivity index (χ0n) is 13.6. The van der Waals surface area contributed by atoms with Gasteiger partial charge in [-0.25, -0.2) is 13.9 Å². The molecule has 3 aromatic rings. The molecular formula is C17H19FN4OS. The number of ether oxygens (including phenoxy) is 1. The number of nitrogens with zero attached hydrogens (tertiary/aromatic N) is 4. The van der Waals surface area contributed by atoms with Crippen LogP contribution in [0.15, 0.2) is 30.5 Å². The number of anilines is 1. The molecule has 1 fully saturated rings. The van der Waals surface area contributed by atoms with Crippen LogP contribution < -0.4 is 4.90 Å². The number of imidazole rings is 1. The number of rotatable bonds is 3. The average Bonchev–Trinajstić information content (AvgIpc) is 3.15. The molecule has 24 heavy (non-hydrogen) atoms. The number of halogens is 1. The van der Waals surface area contributed by atoms with Crippen LogP contribution in [0.1, 0.15) is 13.3 Å². The number of benzene rings is 1. The van der Waals surface area contributed by atoms with Gasteiger partial charge in [-0.05, 0) is 36.6 Å². The highest BCUT2D eigenvalue weighted by molar-refractivity contribution is 7.20. The first-order valence-corrected chi connectivity index (χ1v) is 8.85. The molecule has 1 aliphatic rings. The summed E-state index contributed by atoms with van der Waals surface area (Å²) >= 11 is 1.57. The molecule has 1 saturated heterocycles. The van der Waals surface area contributed by atoms with Gasteiger partial charge in [0.15, 0.2) is 0 Å². The Balaban J connectivity index is 1.59. The molecule has 2 atom stereocenters. The summed E-state index contributed by atoms with van der Waals surface area (Å²) in [5.74, 6) is 0.326. The van der Waals surface area contributed by atoms with Gasteiger partial charge >= 0.3 is 0 Å². The SMILES string of the molecule is COC1CN(c2nn3cc(-c4ccc(F)cc4)nc3s2)CCC1C. The second-order valence-corrected chi connectivity index (χ2v) is 7.17. The van der Waals surface area contributed by atoms with Crippen LogP contribution in [0.3, 0.4) is 0 Å². The van der Waals surface area contributed by atoms with Gasteiger partial charge in [-0.3, -0.25) is 0 Å². The van der Waals surface area contributed by atoms with E-state index >= 15 is 0 Å². The fraction of sp³-hybridized carbons (Fsp3) is 0.412. The fourth-order valence-electron chi connectivity index (χ4n) is 3.09. The molecule has 0 radical (unpaired) electrons. The highest BCUT2D eigenvalue weighted by Crippen LogP contribution is 2.30. The van der Waals surface area contributed by atoms with Gasteiger partial charge in [0.05, 0.1) is 18.0 Å². The lowest BCUT2D eigenvalue weighted by atomic mass is 9.96. The summed E-state index contributed by atoms with van der Waals surface area (Å²) in [5, 5.41) is 5.63. The van der Waals surface area contributed by atoms with Crippen molar-refractivity contribution in [2.75, 3.05) is 25.1 Å². The predicted molar refractivity (Wildman–Crippen MR) is 93.0 cm³/mol. The van der Waals surface area contributed by atoms with Gasteiger partial charge in [0.25, 0.3) is 0 Å². The van der Waals surface area contributed by atoms with Crippen molar-refractivity contribution >= 4 is 21.4 Å². The normalized spacial score (nSPS) is 21.5. The summed E-state index contributed by atoms with van der Waals surface area (Å²) in [7, 11) is 1.77. The molecule has 0 bridgehead atoms. The minimum Gasteiger partial charge on any atom is -0.379 e. The van der Waals surface area contributed by atoms with Crippen LogP contribution in [0, 0.1) is 11.7 Å². The first-order valence-electron chi connectivity index (χ1n) is 8.04. The molecular weight excluding hydrogens is 327 g/mol. The van der Waals surface area contributed by atoms with Crippen LogP contribution in [-0.4, -0.2) is 40.9 Å². The minimum absolute atomic E-state index is 0.241. The number of aromatic nitrogens is 3. The molecule has 1 aliphatic heterocycles. The summed E-state index contributed by atoms with van der Waals surface area (Å²) in [6.45, 7) is 4.08. The first-order chi connectivity index (χ1) is 11.6. The summed E-state index contributed by atoms with van der Waals surface area (Å²) in [5.41, 5.74) is 1.70. The lowest BCUT2D eigenvalue weighted by Gasteiger charge is -2.35. The van der Waals surface area contributed by atoms with Crippen molar-refractivity contribution in [2.45, 2.75) is 19.4 Å². The van der Waals surface area contributed by atoms with E-state index in [0.29, 0.717) is 5.92 Å². The van der Waals surface area contributed by atoms with E-state index in [1.54, 1.807) is 35.1 Å². The van der Waals surface area contributed by atoms with Crippen molar-refractivity contribution in [1.29, 1.82) is 0 Å². The van der Waals surface area contributed by atoms with Crippen LogP contribution >= 0.6 is 11.3 Å².